The number of nitrogens with zero attached hydrogens (tertiary/aromatic N) is 3. The molecule has 1 aliphatic carbocycles. The highest BCUT2D eigenvalue weighted by Crippen LogP contribution is 2.45. The minimum absolute atomic E-state index is 0.0828. The Balaban J connectivity index is 1.63. The van der Waals surface area contributed by atoms with E-state index < -0.39 is 0 Å². The lowest BCUT2D eigenvalue weighted by molar-refractivity contribution is -0.118. The van der Waals surface area contributed by atoms with E-state index in [4.69, 9.17) is 14.8 Å². The fourth-order valence-electron chi connectivity index (χ4n) is 4.72. The zero-order valence-electron chi connectivity index (χ0n) is 19.0. The van der Waals surface area contributed by atoms with Crippen molar-refractivity contribution in [2.24, 2.45) is 5.41 Å². The van der Waals surface area contributed by atoms with Gasteiger partial charge in [0.2, 0.25) is 5.95 Å². The summed E-state index contributed by atoms with van der Waals surface area (Å²) in [4.78, 5) is 18.1. The van der Waals surface area contributed by atoms with E-state index >= 15 is 0 Å². The number of anilines is 1. The molecule has 32 heavy (non-hydrogen) atoms. The number of fused-ring (bicyclic) bond motifs is 1. The van der Waals surface area contributed by atoms with Gasteiger partial charge in [0, 0.05) is 23.3 Å². The van der Waals surface area contributed by atoms with E-state index in [2.05, 4.69) is 50.4 Å². The van der Waals surface area contributed by atoms with Crippen LogP contribution in [0.4, 0.5) is 5.95 Å². The van der Waals surface area contributed by atoms with Gasteiger partial charge in [-0.05, 0) is 53.6 Å². The summed E-state index contributed by atoms with van der Waals surface area (Å²) in [6.07, 6.45) is 2.32. The first-order chi connectivity index (χ1) is 15.4. The number of allylic oxidation sites excluding steroid dienone is 2. The Bertz CT molecular complexity index is 1200. The third kappa shape index (κ3) is 3.49. The first kappa shape index (κ1) is 20.5. The first-order valence-electron chi connectivity index (χ1n) is 11.1. The monoisotopic (exact) mass is 428 g/mol. The van der Waals surface area contributed by atoms with Gasteiger partial charge in [0.05, 0.1) is 7.11 Å². The number of carbonyl (C=O) groups is 1. The molecule has 0 saturated carbocycles. The molecule has 0 amide bonds. The fraction of sp³-hybridized carbons (Fsp3) is 0.346. The van der Waals surface area contributed by atoms with Crippen LogP contribution in [-0.4, -0.2) is 27.7 Å². The number of rotatable bonds is 4. The number of methoxy groups -OCH3 is 1. The number of aryl methyl sites for hydroxylation is 1. The Morgan fingerprint density at radius 1 is 1.09 bits per heavy atom. The maximum absolute atomic E-state index is 13.3. The van der Waals surface area contributed by atoms with Gasteiger partial charge in [-0.2, -0.15) is 4.98 Å². The minimum Gasteiger partial charge on any atom is -0.497 e. The predicted molar refractivity (Wildman–Crippen MR) is 125 cm³/mol. The standard InChI is InChI=1S/C26H28N4O2/c1-5-16-6-8-17(9-7-16)23-22-20(14-26(2,3)15-21(22)31)27-25-28-24(29-30(23)25)18-10-12-19(32-4)13-11-18/h6-13,23H,5,14-15H2,1-4H3,(H,27,28,29). The van der Waals surface area contributed by atoms with Gasteiger partial charge in [-0.1, -0.05) is 45.0 Å². The normalized spacial score (nSPS) is 19.2. The summed E-state index contributed by atoms with van der Waals surface area (Å²) in [5.41, 5.74) is 4.92. The molecule has 6 heteroatoms. The van der Waals surface area contributed by atoms with E-state index in [-0.39, 0.29) is 17.2 Å². The van der Waals surface area contributed by atoms with Gasteiger partial charge in [-0.25, -0.2) is 4.68 Å². The van der Waals surface area contributed by atoms with Crippen molar-refractivity contribution in [3.05, 3.63) is 70.9 Å². The van der Waals surface area contributed by atoms with E-state index in [1.54, 1.807) is 7.11 Å². The summed E-state index contributed by atoms with van der Waals surface area (Å²) in [5, 5.41) is 8.30. The van der Waals surface area contributed by atoms with E-state index in [1.165, 1.54) is 5.56 Å². The van der Waals surface area contributed by atoms with Crippen molar-refractivity contribution in [2.45, 2.75) is 46.1 Å². The zero-order chi connectivity index (χ0) is 22.5. The molecular weight excluding hydrogens is 400 g/mol. The second kappa shape index (κ2) is 7.62. The minimum atomic E-state index is -0.282. The molecule has 2 aromatic carbocycles. The van der Waals surface area contributed by atoms with Crippen molar-refractivity contribution < 1.29 is 9.53 Å². The molecule has 2 heterocycles. The van der Waals surface area contributed by atoms with Crippen molar-refractivity contribution in [2.75, 3.05) is 12.4 Å². The summed E-state index contributed by atoms with van der Waals surface area (Å²) in [7, 11) is 1.65. The quantitative estimate of drug-likeness (QED) is 0.621. The summed E-state index contributed by atoms with van der Waals surface area (Å²) < 4.78 is 7.14. The highest BCUT2D eigenvalue weighted by atomic mass is 16.5. The number of aromatic nitrogens is 3. The molecule has 6 nitrogen and oxygen atoms in total. The van der Waals surface area contributed by atoms with Gasteiger partial charge in [-0.3, -0.25) is 4.79 Å². The van der Waals surface area contributed by atoms with Crippen LogP contribution in [0.3, 0.4) is 0 Å². The maximum Gasteiger partial charge on any atom is 0.226 e. The van der Waals surface area contributed by atoms with Gasteiger partial charge < -0.3 is 10.1 Å². The average molecular weight is 429 g/mol. The van der Waals surface area contributed by atoms with Crippen LogP contribution in [0, 0.1) is 5.41 Å². The van der Waals surface area contributed by atoms with Crippen LogP contribution in [0.25, 0.3) is 11.4 Å². The zero-order valence-corrected chi connectivity index (χ0v) is 19.0. The van der Waals surface area contributed by atoms with Gasteiger partial charge in [-0.15, -0.1) is 5.10 Å². The van der Waals surface area contributed by atoms with Crippen LogP contribution in [0.1, 0.15) is 50.8 Å². The van der Waals surface area contributed by atoms with E-state index in [1.807, 2.05) is 28.9 Å². The molecule has 5 rings (SSSR count). The smallest absolute Gasteiger partial charge is 0.226 e. The molecule has 164 valence electrons. The second-order valence-corrected chi connectivity index (χ2v) is 9.39. The van der Waals surface area contributed by atoms with Crippen LogP contribution in [0.5, 0.6) is 5.75 Å². The molecule has 1 atom stereocenters. The molecule has 0 fully saturated rings. The number of ketones is 1. The highest BCUT2D eigenvalue weighted by Gasteiger charge is 2.41. The molecule has 2 aliphatic rings. The second-order valence-electron chi connectivity index (χ2n) is 9.39. The summed E-state index contributed by atoms with van der Waals surface area (Å²) in [6.45, 7) is 6.43. The van der Waals surface area contributed by atoms with Crippen molar-refractivity contribution in [1.29, 1.82) is 0 Å². The lowest BCUT2D eigenvalue weighted by Gasteiger charge is -2.38. The Labute approximate surface area is 188 Å². The molecule has 3 aromatic rings. The lowest BCUT2D eigenvalue weighted by atomic mass is 9.73. The molecular formula is C26H28N4O2. The van der Waals surface area contributed by atoms with Crippen molar-refractivity contribution in [3.63, 3.8) is 0 Å². The third-order valence-corrected chi connectivity index (χ3v) is 6.38. The number of carbonyl (C=O) groups excluding carboxylic acids is 1. The predicted octanol–water partition coefficient (Wildman–Crippen LogP) is 5.17. The van der Waals surface area contributed by atoms with Crippen molar-refractivity contribution in [1.82, 2.24) is 14.8 Å². The largest absolute Gasteiger partial charge is 0.497 e. The Hall–Kier alpha value is -3.41. The maximum atomic E-state index is 13.3. The average Bonchev–Trinajstić information content (AvgIpc) is 3.20. The van der Waals surface area contributed by atoms with Gasteiger partial charge in [0.15, 0.2) is 11.6 Å². The van der Waals surface area contributed by atoms with Crippen molar-refractivity contribution >= 4 is 11.7 Å². The topological polar surface area (TPSA) is 69.0 Å². The SMILES string of the molecule is CCc1ccc(C2C3=C(CC(C)(C)CC3=O)Nc3nc(-c4ccc(OC)cc4)nn32)cc1. The first-order valence-corrected chi connectivity index (χ1v) is 11.1. The molecule has 1 N–H and O–H groups in total. The van der Waals surface area contributed by atoms with Crippen LogP contribution in [-0.2, 0) is 11.2 Å². The summed E-state index contributed by atoms with van der Waals surface area (Å²) in [6, 6.07) is 15.9. The summed E-state index contributed by atoms with van der Waals surface area (Å²) >= 11 is 0. The number of hydrogen-bond donors (Lipinski definition) is 1. The molecule has 0 saturated heterocycles. The lowest BCUT2D eigenvalue weighted by Crippen LogP contribution is -2.36. The van der Waals surface area contributed by atoms with Crippen LogP contribution >= 0.6 is 0 Å². The fourth-order valence-corrected chi connectivity index (χ4v) is 4.72. The molecule has 0 spiro atoms. The number of Topliss-reactive ketones (excluding diaryl/α,β-unsaturated/α-hetero) is 1. The van der Waals surface area contributed by atoms with E-state index in [9.17, 15) is 4.79 Å². The highest BCUT2D eigenvalue weighted by molar-refractivity contribution is 6.00. The van der Waals surface area contributed by atoms with Gasteiger partial charge in [0.25, 0.3) is 0 Å². The Morgan fingerprint density at radius 2 is 1.81 bits per heavy atom. The number of ether oxygens (including phenoxy) is 1. The van der Waals surface area contributed by atoms with Crippen molar-refractivity contribution in [3.8, 4) is 17.1 Å². The van der Waals surface area contributed by atoms with Crippen LogP contribution < -0.4 is 10.1 Å². The van der Waals surface area contributed by atoms with Gasteiger partial charge in [0.1, 0.15) is 11.8 Å². The molecule has 0 bridgehead atoms. The molecule has 0 radical (unpaired) electrons. The number of nitrogens with one attached hydrogen (secondary N) is 1. The number of hydrogen-bond acceptors (Lipinski definition) is 5. The molecule has 1 aromatic heterocycles. The van der Waals surface area contributed by atoms with E-state index in [0.29, 0.717) is 18.2 Å². The Morgan fingerprint density at radius 3 is 2.47 bits per heavy atom. The van der Waals surface area contributed by atoms with Crippen LogP contribution in [0.2, 0.25) is 0 Å². The molecule has 1 unspecified atom stereocenters. The van der Waals surface area contributed by atoms with Gasteiger partial charge >= 0.3 is 0 Å². The Kier molecular flexibility index (Phi) is 4.88. The van der Waals surface area contributed by atoms with E-state index in [0.717, 1.165) is 41.0 Å². The number of benzene rings is 2. The molecule has 1 aliphatic heterocycles. The third-order valence-electron chi connectivity index (χ3n) is 6.38. The summed E-state index contributed by atoms with van der Waals surface area (Å²) in [5.74, 6) is 2.26. The van der Waals surface area contributed by atoms with Crippen LogP contribution in [0.15, 0.2) is 59.8 Å².